The van der Waals surface area contributed by atoms with E-state index in [0.29, 0.717) is 5.02 Å². The average Bonchev–Trinajstić information content (AvgIpc) is 3.00. The van der Waals surface area contributed by atoms with Gasteiger partial charge in [0.2, 0.25) is 0 Å². The smallest absolute Gasteiger partial charge is 0.0981 e. The number of benzene rings is 1. The molecule has 2 aromatic rings. The fourth-order valence-electron chi connectivity index (χ4n) is 2.77. The summed E-state index contributed by atoms with van der Waals surface area (Å²) in [7, 11) is 0. The van der Waals surface area contributed by atoms with Crippen LogP contribution in [0.5, 0.6) is 0 Å². The quantitative estimate of drug-likeness (QED) is 0.910. The molecule has 1 fully saturated rings. The van der Waals surface area contributed by atoms with Crippen molar-refractivity contribution in [1.82, 2.24) is 0 Å². The molecule has 2 heterocycles. The molecule has 3 rings (SSSR count). The first-order valence-electron chi connectivity index (χ1n) is 6.80. The molecular formula is C16H18ClNO2. The van der Waals surface area contributed by atoms with Gasteiger partial charge in [-0.15, -0.1) is 0 Å². The largest absolute Gasteiger partial charge is 0.472 e. The second-order valence-corrected chi connectivity index (χ2v) is 6.06. The van der Waals surface area contributed by atoms with Crippen LogP contribution in [0.15, 0.2) is 41.2 Å². The van der Waals surface area contributed by atoms with E-state index >= 15 is 0 Å². The number of aliphatic hydroxyl groups is 1. The van der Waals surface area contributed by atoms with Crippen LogP contribution in [0.4, 0.5) is 5.69 Å². The van der Waals surface area contributed by atoms with Crippen molar-refractivity contribution < 1.29 is 9.52 Å². The van der Waals surface area contributed by atoms with Crippen molar-refractivity contribution in [2.75, 3.05) is 11.4 Å². The van der Waals surface area contributed by atoms with Crippen LogP contribution >= 0.6 is 11.6 Å². The molecule has 1 aromatic heterocycles. The Morgan fingerprint density at radius 1 is 1.40 bits per heavy atom. The fraction of sp³-hybridized carbons (Fsp3) is 0.375. The lowest BCUT2D eigenvalue weighted by molar-refractivity contribution is 0.0566. The predicted octanol–water partition coefficient (Wildman–Crippen LogP) is 3.95. The molecule has 1 aliphatic rings. The Labute approximate surface area is 123 Å². The third kappa shape index (κ3) is 2.21. The third-order valence-electron chi connectivity index (χ3n) is 4.34. The van der Waals surface area contributed by atoms with E-state index in [1.54, 1.807) is 12.5 Å². The molecule has 0 radical (unpaired) electrons. The summed E-state index contributed by atoms with van der Waals surface area (Å²) in [5.74, 6) is 0. The van der Waals surface area contributed by atoms with Gasteiger partial charge >= 0.3 is 0 Å². The van der Waals surface area contributed by atoms with Gasteiger partial charge in [-0.05, 0) is 38.5 Å². The lowest BCUT2D eigenvalue weighted by atomic mass is 9.99. The number of rotatable bonds is 2. The van der Waals surface area contributed by atoms with Gasteiger partial charge in [0, 0.05) is 23.4 Å². The molecule has 0 aliphatic carbocycles. The normalized spacial score (nSPS) is 26.2. The van der Waals surface area contributed by atoms with Gasteiger partial charge < -0.3 is 14.4 Å². The summed E-state index contributed by atoms with van der Waals surface area (Å²) in [6.45, 7) is 4.78. The number of nitrogens with zero attached hydrogens (tertiary/aromatic N) is 1. The Balaban J connectivity index is 1.92. The molecule has 1 aliphatic heterocycles. The molecule has 4 heteroatoms. The second-order valence-electron chi connectivity index (χ2n) is 5.65. The van der Waals surface area contributed by atoms with Gasteiger partial charge in [0.25, 0.3) is 0 Å². The molecule has 0 amide bonds. The first kappa shape index (κ1) is 13.5. The van der Waals surface area contributed by atoms with E-state index in [0.717, 1.165) is 29.8 Å². The SMILES string of the molecule is C[C@@H]1N(c2ccc(-c3ccoc3)c(Cl)c2)CC[C@]1(C)O. The van der Waals surface area contributed by atoms with Gasteiger partial charge in [-0.2, -0.15) is 0 Å². The maximum Gasteiger partial charge on any atom is 0.0981 e. The highest BCUT2D eigenvalue weighted by atomic mass is 35.5. The van der Waals surface area contributed by atoms with E-state index in [1.165, 1.54) is 0 Å². The molecule has 0 spiro atoms. The first-order valence-corrected chi connectivity index (χ1v) is 7.18. The summed E-state index contributed by atoms with van der Waals surface area (Å²) in [6.07, 6.45) is 4.10. The Morgan fingerprint density at radius 2 is 2.20 bits per heavy atom. The molecule has 20 heavy (non-hydrogen) atoms. The van der Waals surface area contributed by atoms with Gasteiger partial charge in [0.05, 0.1) is 29.2 Å². The highest BCUT2D eigenvalue weighted by Gasteiger charge is 2.39. The second kappa shape index (κ2) is 4.83. The summed E-state index contributed by atoms with van der Waals surface area (Å²) in [5, 5.41) is 11.0. The highest BCUT2D eigenvalue weighted by Crippen LogP contribution is 2.36. The molecule has 0 saturated carbocycles. The van der Waals surface area contributed by atoms with Crippen molar-refractivity contribution in [2.24, 2.45) is 0 Å². The topological polar surface area (TPSA) is 36.6 Å². The summed E-state index contributed by atoms with van der Waals surface area (Å²) in [4.78, 5) is 2.20. The number of hydrogen-bond donors (Lipinski definition) is 1. The summed E-state index contributed by atoms with van der Waals surface area (Å²) < 4.78 is 5.10. The van der Waals surface area contributed by atoms with E-state index < -0.39 is 5.60 Å². The van der Waals surface area contributed by atoms with Crippen LogP contribution in [-0.2, 0) is 0 Å². The number of hydrogen-bond acceptors (Lipinski definition) is 3. The molecule has 1 N–H and O–H groups in total. The monoisotopic (exact) mass is 291 g/mol. The maximum atomic E-state index is 10.3. The fourth-order valence-corrected chi connectivity index (χ4v) is 3.06. The van der Waals surface area contributed by atoms with Gasteiger partial charge in [-0.3, -0.25) is 0 Å². The van der Waals surface area contributed by atoms with E-state index in [1.807, 2.05) is 38.1 Å². The summed E-state index contributed by atoms with van der Waals surface area (Å²) in [5.41, 5.74) is 2.34. The Kier molecular flexibility index (Phi) is 3.27. The van der Waals surface area contributed by atoms with E-state index in [4.69, 9.17) is 16.0 Å². The zero-order valence-electron chi connectivity index (χ0n) is 11.6. The molecule has 106 valence electrons. The number of furan rings is 1. The predicted molar refractivity (Wildman–Crippen MR) is 81.2 cm³/mol. The molecule has 2 atom stereocenters. The third-order valence-corrected chi connectivity index (χ3v) is 4.66. The van der Waals surface area contributed by atoms with Crippen molar-refractivity contribution in [1.29, 1.82) is 0 Å². The standard InChI is InChI=1S/C16H18ClNO2/c1-11-16(2,19)6-7-18(11)13-3-4-14(15(17)9-13)12-5-8-20-10-12/h3-5,8-11,19H,6-7H2,1-2H3/t11-,16-/m0/s1. The van der Waals surface area contributed by atoms with Crippen LogP contribution in [-0.4, -0.2) is 23.3 Å². The van der Waals surface area contributed by atoms with Crippen molar-refractivity contribution in [3.05, 3.63) is 41.8 Å². The molecule has 0 bridgehead atoms. The van der Waals surface area contributed by atoms with Crippen LogP contribution in [0.3, 0.4) is 0 Å². The van der Waals surface area contributed by atoms with Crippen LogP contribution in [0.25, 0.3) is 11.1 Å². The summed E-state index contributed by atoms with van der Waals surface area (Å²) in [6, 6.07) is 7.98. The zero-order chi connectivity index (χ0) is 14.3. The first-order chi connectivity index (χ1) is 9.49. The van der Waals surface area contributed by atoms with Crippen molar-refractivity contribution >= 4 is 17.3 Å². The number of halogens is 1. The number of anilines is 1. The molecule has 3 nitrogen and oxygen atoms in total. The Hall–Kier alpha value is -1.45. The minimum atomic E-state index is -0.643. The maximum absolute atomic E-state index is 10.3. The van der Waals surface area contributed by atoms with E-state index in [2.05, 4.69) is 4.90 Å². The average molecular weight is 292 g/mol. The minimum Gasteiger partial charge on any atom is -0.472 e. The minimum absolute atomic E-state index is 0.0818. The van der Waals surface area contributed by atoms with Crippen molar-refractivity contribution in [3.63, 3.8) is 0 Å². The lowest BCUT2D eigenvalue weighted by Crippen LogP contribution is -2.40. The van der Waals surface area contributed by atoms with Gasteiger partial charge in [-0.25, -0.2) is 0 Å². The van der Waals surface area contributed by atoms with Crippen molar-refractivity contribution in [2.45, 2.75) is 31.9 Å². The van der Waals surface area contributed by atoms with Crippen LogP contribution in [0.1, 0.15) is 20.3 Å². The van der Waals surface area contributed by atoms with E-state index in [-0.39, 0.29) is 6.04 Å². The van der Waals surface area contributed by atoms with Crippen molar-refractivity contribution in [3.8, 4) is 11.1 Å². The molecule has 0 unspecified atom stereocenters. The molecular weight excluding hydrogens is 274 g/mol. The Morgan fingerprint density at radius 3 is 2.75 bits per heavy atom. The lowest BCUT2D eigenvalue weighted by Gasteiger charge is -2.30. The van der Waals surface area contributed by atoms with Gasteiger partial charge in [0.15, 0.2) is 0 Å². The van der Waals surface area contributed by atoms with Crippen LogP contribution < -0.4 is 4.90 Å². The molecule has 1 saturated heterocycles. The summed E-state index contributed by atoms with van der Waals surface area (Å²) >= 11 is 6.39. The molecule has 1 aromatic carbocycles. The zero-order valence-corrected chi connectivity index (χ0v) is 12.4. The van der Waals surface area contributed by atoms with Crippen LogP contribution in [0, 0.1) is 0 Å². The van der Waals surface area contributed by atoms with Gasteiger partial charge in [0.1, 0.15) is 0 Å². The Bertz CT molecular complexity index is 607. The van der Waals surface area contributed by atoms with Crippen LogP contribution in [0.2, 0.25) is 5.02 Å². The highest BCUT2D eigenvalue weighted by molar-refractivity contribution is 6.33. The van der Waals surface area contributed by atoms with Gasteiger partial charge in [-0.1, -0.05) is 17.7 Å². The van der Waals surface area contributed by atoms with E-state index in [9.17, 15) is 5.11 Å².